The third-order valence-corrected chi connectivity index (χ3v) is 4.07. The Balaban J connectivity index is 2.40. The molecule has 0 saturated carbocycles. The smallest absolute Gasteiger partial charge is 0.229 e. The van der Waals surface area contributed by atoms with Gasteiger partial charge in [0.1, 0.15) is 0 Å². The summed E-state index contributed by atoms with van der Waals surface area (Å²) in [5.41, 5.74) is 2.72. The number of β-lactam (4-membered cyclic amide) rings is 1. The first-order valence-electron chi connectivity index (χ1n) is 4.87. The molecule has 1 amide bonds. The summed E-state index contributed by atoms with van der Waals surface area (Å²) >= 11 is 0. The molecule has 2 heteroatoms. The molecule has 0 aromatic rings. The quantitative estimate of drug-likeness (QED) is 0.447. The van der Waals surface area contributed by atoms with Crippen molar-refractivity contribution in [3.8, 4) is 0 Å². The molecule has 0 radical (unpaired) electrons. The van der Waals surface area contributed by atoms with E-state index >= 15 is 0 Å². The summed E-state index contributed by atoms with van der Waals surface area (Å²) in [6.45, 7) is 8.56. The highest BCUT2D eigenvalue weighted by atomic mass is 16.2. The number of carbonyl (C=O) groups excluding carboxylic acids is 1. The van der Waals surface area contributed by atoms with Crippen molar-refractivity contribution in [2.75, 3.05) is 0 Å². The van der Waals surface area contributed by atoms with E-state index < -0.39 is 0 Å². The van der Waals surface area contributed by atoms with Crippen LogP contribution in [-0.2, 0) is 4.79 Å². The Hall–Kier alpha value is -0.790. The lowest BCUT2D eigenvalue weighted by molar-refractivity contribution is -0.154. The van der Waals surface area contributed by atoms with E-state index in [0.717, 1.165) is 12.8 Å². The molecule has 1 heterocycles. The van der Waals surface area contributed by atoms with Gasteiger partial charge in [-0.15, -0.1) is 0 Å². The molecular formula is C11H17NO. The number of rotatable bonds is 0. The van der Waals surface area contributed by atoms with Crippen LogP contribution in [0.3, 0.4) is 0 Å². The Kier molecular flexibility index (Phi) is 1.47. The van der Waals surface area contributed by atoms with Gasteiger partial charge < -0.3 is 5.32 Å². The van der Waals surface area contributed by atoms with Crippen LogP contribution in [0, 0.1) is 5.41 Å². The van der Waals surface area contributed by atoms with Crippen molar-refractivity contribution in [1.82, 2.24) is 5.32 Å². The Morgan fingerprint density at radius 3 is 2.23 bits per heavy atom. The third-order valence-electron chi connectivity index (χ3n) is 4.07. The summed E-state index contributed by atoms with van der Waals surface area (Å²) < 4.78 is 0. The Morgan fingerprint density at radius 2 is 1.69 bits per heavy atom. The third kappa shape index (κ3) is 0.862. The van der Waals surface area contributed by atoms with E-state index in [1.807, 2.05) is 0 Å². The van der Waals surface area contributed by atoms with Gasteiger partial charge in [-0.3, -0.25) is 4.79 Å². The number of hydrogen-bond acceptors (Lipinski definition) is 1. The normalized spacial score (nSPS) is 43.8. The minimum atomic E-state index is -0.142. The minimum Gasteiger partial charge on any atom is -0.349 e. The van der Waals surface area contributed by atoms with Gasteiger partial charge in [0.05, 0.1) is 11.0 Å². The molecule has 0 aromatic heterocycles. The lowest BCUT2D eigenvalue weighted by Gasteiger charge is -2.58. The first kappa shape index (κ1) is 8.79. The maximum absolute atomic E-state index is 11.5. The van der Waals surface area contributed by atoms with Gasteiger partial charge in [0.2, 0.25) is 5.91 Å². The fraction of sp³-hybridized carbons (Fsp3) is 0.727. The van der Waals surface area contributed by atoms with Crippen LogP contribution in [0.15, 0.2) is 11.1 Å². The van der Waals surface area contributed by atoms with Crippen molar-refractivity contribution in [2.45, 2.75) is 46.1 Å². The molecule has 72 valence electrons. The van der Waals surface area contributed by atoms with Crippen LogP contribution in [0.2, 0.25) is 0 Å². The molecule has 2 nitrogen and oxygen atoms in total. The maximum Gasteiger partial charge on any atom is 0.229 e. The van der Waals surface area contributed by atoms with Crippen LogP contribution < -0.4 is 5.32 Å². The largest absolute Gasteiger partial charge is 0.349 e. The molecule has 1 saturated heterocycles. The van der Waals surface area contributed by atoms with E-state index in [1.165, 1.54) is 11.1 Å². The molecule has 0 bridgehead atoms. The van der Waals surface area contributed by atoms with Crippen LogP contribution in [0.4, 0.5) is 0 Å². The predicted molar refractivity (Wildman–Crippen MR) is 52.3 cm³/mol. The number of allylic oxidation sites excluding steroid dienone is 1. The highest BCUT2D eigenvalue weighted by Crippen LogP contribution is 2.51. The van der Waals surface area contributed by atoms with E-state index in [-0.39, 0.29) is 16.9 Å². The number of hydrogen-bond donors (Lipinski definition) is 1. The predicted octanol–water partition coefficient (Wildman–Crippen LogP) is 2.01. The van der Waals surface area contributed by atoms with Crippen LogP contribution in [-0.4, -0.2) is 11.4 Å². The Bertz CT molecular complexity index is 318. The number of nitrogens with one attached hydrogen (secondary N) is 1. The second-order valence-corrected chi connectivity index (χ2v) is 5.03. The summed E-state index contributed by atoms with van der Waals surface area (Å²) in [5.74, 6) is 0.224. The summed E-state index contributed by atoms with van der Waals surface area (Å²) in [5, 5.41) is 3.04. The molecule has 0 aromatic carbocycles. The average molecular weight is 179 g/mol. The summed E-state index contributed by atoms with van der Waals surface area (Å²) in [4.78, 5) is 11.5. The molecule has 1 aliphatic heterocycles. The fourth-order valence-electron chi connectivity index (χ4n) is 2.59. The molecule has 0 unspecified atom stereocenters. The van der Waals surface area contributed by atoms with Crippen molar-refractivity contribution in [3.63, 3.8) is 0 Å². The lowest BCUT2D eigenvalue weighted by Crippen LogP contribution is -2.75. The maximum atomic E-state index is 11.5. The van der Waals surface area contributed by atoms with Crippen molar-refractivity contribution >= 4 is 5.91 Å². The summed E-state index contributed by atoms with van der Waals surface area (Å²) in [6, 6.07) is 0. The summed E-state index contributed by atoms with van der Waals surface area (Å²) in [6.07, 6.45) is 1.95. The van der Waals surface area contributed by atoms with Gasteiger partial charge in [0.15, 0.2) is 0 Å². The molecule has 1 N–H and O–H groups in total. The average Bonchev–Trinajstić information content (AvgIpc) is 2.01. The van der Waals surface area contributed by atoms with E-state index in [2.05, 4.69) is 33.0 Å². The SMILES string of the molecule is CC1=C(C)C[C@]2(C)C(=O)N[C@@]2(C)C1. The Labute approximate surface area is 79.4 Å². The molecule has 13 heavy (non-hydrogen) atoms. The summed E-state index contributed by atoms with van der Waals surface area (Å²) in [7, 11) is 0. The molecule has 1 fully saturated rings. The van der Waals surface area contributed by atoms with E-state index in [0.29, 0.717) is 0 Å². The van der Waals surface area contributed by atoms with Crippen LogP contribution in [0.5, 0.6) is 0 Å². The van der Waals surface area contributed by atoms with Crippen molar-refractivity contribution in [3.05, 3.63) is 11.1 Å². The first-order chi connectivity index (χ1) is 5.89. The molecule has 2 atom stereocenters. The number of carbonyl (C=O) groups is 1. The van der Waals surface area contributed by atoms with Crippen molar-refractivity contribution in [2.24, 2.45) is 5.41 Å². The highest BCUT2D eigenvalue weighted by Gasteiger charge is 2.61. The van der Waals surface area contributed by atoms with E-state index in [1.54, 1.807) is 0 Å². The highest BCUT2D eigenvalue weighted by molar-refractivity contribution is 5.92. The second-order valence-electron chi connectivity index (χ2n) is 5.03. The van der Waals surface area contributed by atoms with Gasteiger partial charge in [-0.25, -0.2) is 0 Å². The van der Waals surface area contributed by atoms with E-state index in [4.69, 9.17) is 0 Å². The van der Waals surface area contributed by atoms with Gasteiger partial charge in [-0.1, -0.05) is 11.1 Å². The zero-order chi connectivity index (χ0) is 9.85. The first-order valence-corrected chi connectivity index (χ1v) is 4.87. The molecule has 2 rings (SSSR count). The van der Waals surface area contributed by atoms with Gasteiger partial charge in [-0.05, 0) is 40.5 Å². The molecule has 0 spiro atoms. The van der Waals surface area contributed by atoms with Gasteiger partial charge in [0.25, 0.3) is 0 Å². The van der Waals surface area contributed by atoms with E-state index in [9.17, 15) is 4.79 Å². The fourth-order valence-corrected chi connectivity index (χ4v) is 2.59. The standard InChI is InChI=1S/C11H17NO/c1-7-5-10(3)9(13)12-11(10,4)6-8(7)2/h5-6H2,1-4H3,(H,12,13)/t10-,11+/m1/s1. The van der Waals surface area contributed by atoms with Crippen LogP contribution in [0.25, 0.3) is 0 Å². The number of fused-ring (bicyclic) bond motifs is 1. The van der Waals surface area contributed by atoms with Gasteiger partial charge >= 0.3 is 0 Å². The molecule has 1 aliphatic carbocycles. The van der Waals surface area contributed by atoms with Crippen LogP contribution in [0.1, 0.15) is 40.5 Å². The monoisotopic (exact) mass is 179 g/mol. The number of amides is 1. The lowest BCUT2D eigenvalue weighted by atomic mass is 9.56. The minimum absolute atomic E-state index is 0.0215. The Morgan fingerprint density at radius 1 is 1.15 bits per heavy atom. The zero-order valence-electron chi connectivity index (χ0n) is 8.82. The van der Waals surface area contributed by atoms with Gasteiger partial charge in [0, 0.05) is 0 Å². The second kappa shape index (κ2) is 2.17. The molecular weight excluding hydrogens is 162 g/mol. The topological polar surface area (TPSA) is 29.1 Å². The van der Waals surface area contributed by atoms with Crippen molar-refractivity contribution < 1.29 is 4.79 Å². The molecule has 2 aliphatic rings. The van der Waals surface area contributed by atoms with Gasteiger partial charge in [-0.2, -0.15) is 0 Å². The van der Waals surface area contributed by atoms with Crippen LogP contribution >= 0.6 is 0 Å². The zero-order valence-corrected chi connectivity index (χ0v) is 8.82. The van der Waals surface area contributed by atoms with Crippen molar-refractivity contribution in [1.29, 1.82) is 0 Å².